The zero-order valence-electron chi connectivity index (χ0n) is 10.7. The number of likely N-dealkylation sites (tertiary alicyclic amines) is 1. The molecule has 108 valence electrons. The van der Waals surface area contributed by atoms with Crippen molar-refractivity contribution in [1.82, 2.24) is 10.2 Å². The second-order valence-corrected chi connectivity index (χ2v) is 5.24. The summed E-state index contributed by atoms with van der Waals surface area (Å²) >= 11 is 0. The van der Waals surface area contributed by atoms with E-state index in [0.29, 0.717) is 12.0 Å². The van der Waals surface area contributed by atoms with E-state index in [4.69, 9.17) is 4.74 Å². The molecule has 2 aliphatic rings. The summed E-state index contributed by atoms with van der Waals surface area (Å²) in [6, 6.07) is 0. The Bertz CT molecular complexity index is 238. The number of piperidine rings is 1. The molecule has 2 saturated heterocycles. The minimum atomic E-state index is -2.34. The van der Waals surface area contributed by atoms with Crippen LogP contribution in [-0.2, 0) is 4.74 Å². The van der Waals surface area contributed by atoms with Crippen LogP contribution in [0.15, 0.2) is 0 Å². The van der Waals surface area contributed by atoms with E-state index in [-0.39, 0.29) is 12.4 Å². The third-order valence-corrected chi connectivity index (χ3v) is 3.98. The molecular formula is C12H23ClF2N2O. The summed E-state index contributed by atoms with van der Waals surface area (Å²) in [5.74, 6) is 0. The van der Waals surface area contributed by atoms with E-state index in [1.807, 2.05) is 0 Å². The minimum Gasteiger partial charge on any atom is -0.374 e. The first kappa shape index (κ1) is 16.1. The molecule has 0 aliphatic carbocycles. The lowest BCUT2D eigenvalue weighted by Crippen LogP contribution is -2.39. The van der Waals surface area contributed by atoms with Crippen LogP contribution in [0.1, 0.15) is 19.3 Å². The molecule has 2 rings (SSSR count). The van der Waals surface area contributed by atoms with Gasteiger partial charge < -0.3 is 15.0 Å². The largest absolute Gasteiger partial charge is 0.374 e. The van der Waals surface area contributed by atoms with E-state index in [1.54, 1.807) is 0 Å². The lowest BCUT2D eigenvalue weighted by molar-refractivity contribution is 0.0104. The predicted molar refractivity (Wildman–Crippen MR) is 69.7 cm³/mol. The lowest BCUT2D eigenvalue weighted by Gasteiger charge is -2.33. The number of hydrogen-bond acceptors (Lipinski definition) is 3. The summed E-state index contributed by atoms with van der Waals surface area (Å²) in [6.45, 7) is 5.25. The van der Waals surface area contributed by atoms with Crippen molar-refractivity contribution in [2.45, 2.75) is 25.7 Å². The van der Waals surface area contributed by atoms with Crippen LogP contribution >= 0.6 is 12.4 Å². The van der Waals surface area contributed by atoms with Gasteiger partial charge in [0.2, 0.25) is 0 Å². The van der Waals surface area contributed by atoms with Gasteiger partial charge in [-0.1, -0.05) is 0 Å². The molecule has 6 heteroatoms. The first-order valence-corrected chi connectivity index (χ1v) is 6.49. The topological polar surface area (TPSA) is 24.5 Å². The van der Waals surface area contributed by atoms with Crippen LogP contribution in [0.25, 0.3) is 0 Å². The molecule has 0 atom stereocenters. The highest BCUT2D eigenvalue weighted by Gasteiger charge is 2.38. The molecule has 2 fully saturated rings. The summed E-state index contributed by atoms with van der Waals surface area (Å²) in [4.78, 5) is 2.36. The number of ether oxygens (including phenoxy) is 1. The number of hydrogen-bond donors (Lipinski definition) is 1. The van der Waals surface area contributed by atoms with Crippen LogP contribution in [-0.4, -0.2) is 57.3 Å². The second-order valence-electron chi connectivity index (χ2n) is 5.24. The number of halogens is 3. The molecule has 0 aromatic rings. The Hall–Kier alpha value is 0.0300. The van der Waals surface area contributed by atoms with Crippen molar-refractivity contribution >= 4 is 12.4 Å². The zero-order chi connectivity index (χ0) is 12.1. The monoisotopic (exact) mass is 284 g/mol. The summed E-state index contributed by atoms with van der Waals surface area (Å²) in [6.07, 6.45) is 1.41. The van der Waals surface area contributed by atoms with Crippen LogP contribution in [0.4, 0.5) is 8.78 Å². The van der Waals surface area contributed by atoms with E-state index in [1.165, 1.54) is 19.3 Å². The lowest BCUT2D eigenvalue weighted by atomic mass is 9.78. The minimum absolute atomic E-state index is 0. The average Bonchev–Trinajstić information content (AvgIpc) is 2.69. The SMILES string of the molecule is Cl.FC(F)COCCN1CCC2(CCNCC2)C1. The van der Waals surface area contributed by atoms with Crippen molar-refractivity contribution in [1.29, 1.82) is 0 Å². The molecule has 0 amide bonds. The highest BCUT2D eigenvalue weighted by Crippen LogP contribution is 2.38. The van der Waals surface area contributed by atoms with Gasteiger partial charge in [-0.3, -0.25) is 0 Å². The molecule has 2 aliphatic heterocycles. The van der Waals surface area contributed by atoms with Gasteiger partial charge in [0.1, 0.15) is 6.61 Å². The van der Waals surface area contributed by atoms with Crippen LogP contribution in [0.2, 0.25) is 0 Å². The Morgan fingerprint density at radius 1 is 1.22 bits per heavy atom. The van der Waals surface area contributed by atoms with E-state index >= 15 is 0 Å². The Balaban J connectivity index is 0.00000162. The van der Waals surface area contributed by atoms with Gasteiger partial charge in [0, 0.05) is 13.1 Å². The van der Waals surface area contributed by atoms with Crippen molar-refractivity contribution in [2.24, 2.45) is 5.41 Å². The maximum atomic E-state index is 11.9. The molecule has 1 N–H and O–H groups in total. The molecule has 2 heterocycles. The molecule has 18 heavy (non-hydrogen) atoms. The molecule has 0 aromatic heterocycles. The van der Waals surface area contributed by atoms with Crippen molar-refractivity contribution in [3.63, 3.8) is 0 Å². The van der Waals surface area contributed by atoms with Gasteiger partial charge in [0.05, 0.1) is 6.61 Å². The number of nitrogens with zero attached hydrogens (tertiary/aromatic N) is 1. The Labute approximate surface area is 114 Å². The summed E-state index contributed by atoms with van der Waals surface area (Å²) in [7, 11) is 0. The summed E-state index contributed by atoms with van der Waals surface area (Å²) in [5, 5.41) is 3.39. The first-order chi connectivity index (χ1) is 8.20. The highest BCUT2D eigenvalue weighted by atomic mass is 35.5. The molecule has 0 radical (unpaired) electrons. The summed E-state index contributed by atoms with van der Waals surface area (Å²) in [5.41, 5.74) is 0.494. The fourth-order valence-corrected chi connectivity index (χ4v) is 2.95. The second kappa shape index (κ2) is 7.58. The fraction of sp³-hybridized carbons (Fsp3) is 1.00. The van der Waals surface area contributed by atoms with Gasteiger partial charge in [0.25, 0.3) is 6.43 Å². The molecule has 0 bridgehead atoms. The molecular weight excluding hydrogens is 262 g/mol. The van der Waals surface area contributed by atoms with Crippen molar-refractivity contribution in [2.75, 3.05) is 45.9 Å². The smallest absolute Gasteiger partial charge is 0.261 e. The van der Waals surface area contributed by atoms with E-state index < -0.39 is 13.0 Å². The maximum absolute atomic E-state index is 11.9. The maximum Gasteiger partial charge on any atom is 0.261 e. The molecule has 3 nitrogen and oxygen atoms in total. The van der Waals surface area contributed by atoms with Gasteiger partial charge >= 0.3 is 0 Å². The van der Waals surface area contributed by atoms with Gasteiger partial charge in [-0.2, -0.15) is 0 Å². The quantitative estimate of drug-likeness (QED) is 0.779. The Kier molecular flexibility index (Phi) is 6.77. The van der Waals surface area contributed by atoms with Gasteiger partial charge in [0.15, 0.2) is 0 Å². The Morgan fingerprint density at radius 2 is 1.94 bits per heavy atom. The van der Waals surface area contributed by atoms with Crippen molar-refractivity contribution in [3.05, 3.63) is 0 Å². The molecule has 0 saturated carbocycles. The fourth-order valence-electron chi connectivity index (χ4n) is 2.95. The zero-order valence-corrected chi connectivity index (χ0v) is 11.5. The van der Waals surface area contributed by atoms with Crippen molar-refractivity contribution < 1.29 is 13.5 Å². The van der Waals surface area contributed by atoms with Crippen LogP contribution < -0.4 is 5.32 Å². The normalized spacial score (nSPS) is 23.5. The summed E-state index contributed by atoms with van der Waals surface area (Å²) < 4.78 is 28.7. The number of nitrogens with one attached hydrogen (secondary N) is 1. The van der Waals surface area contributed by atoms with Gasteiger partial charge in [-0.05, 0) is 44.3 Å². The van der Waals surface area contributed by atoms with Crippen LogP contribution in [0.3, 0.4) is 0 Å². The van der Waals surface area contributed by atoms with Gasteiger partial charge in [-0.25, -0.2) is 8.78 Å². The Morgan fingerprint density at radius 3 is 2.61 bits per heavy atom. The molecule has 1 spiro atoms. The molecule has 0 aromatic carbocycles. The first-order valence-electron chi connectivity index (χ1n) is 6.49. The third-order valence-electron chi connectivity index (χ3n) is 3.98. The van der Waals surface area contributed by atoms with Crippen molar-refractivity contribution in [3.8, 4) is 0 Å². The standard InChI is InChI=1S/C12H22F2N2O.ClH/c13-11(14)9-17-8-7-16-6-3-12(10-16)1-4-15-5-2-12;/h11,15H,1-10H2;1H. The van der Waals surface area contributed by atoms with Gasteiger partial charge in [-0.15, -0.1) is 12.4 Å². The predicted octanol–water partition coefficient (Wildman–Crippen LogP) is 1.77. The molecule has 0 unspecified atom stereocenters. The number of alkyl halides is 2. The van der Waals surface area contributed by atoms with E-state index in [0.717, 1.165) is 32.7 Å². The van der Waals surface area contributed by atoms with Crippen LogP contribution in [0, 0.1) is 5.41 Å². The average molecular weight is 285 g/mol. The number of rotatable bonds is 5. The van der Waals surface area contributed by atoms with E-state index in [2.05, 4.69) is 10.2 Å². The van der Waals surface area contributed by atoms with Crippen LogP contribution in [0.5, 0.6) is 0 Å². The highest BCUT2D eigenvalue weighted by molar-refractivity contribution is 5.85. The van der Waals surface area contributed by atoms with E-state index in [9.17, 15) is 8.78 Å². The third kappa shape index (κ3) is 4.61.